The standard InChI is InChI=1S/C27H35N3O4S/c1-19(2)29-35(33,34)18-23-14-7-6-13-22(23)17-28-26(31)25-16-21-12-8-9-15-24(21)30(25)27(32)20-10-4-3-5-11-20/h3-7,10-11,13-14,19,21,24-25,29H,8-9,12,15-18H2,1-2H3,(H,28,31). The summed E-state index contributed by atoms with van der Waals surface area (Å²) in [7, 11) is -3.49. The summed E-state index contributed by atoms with van der Waals surface area (Å²) >= 11 is 0. The first kappa shape index (κ1) is 25.4. The van der Waals surface area contributed by atoms with Gasteiger partial charge in [-0.05, 0) is 62.3 Å². The van der Waals surface area contributed by atoms with Gasteiger partial charge in [-0.25, -0.2) is 13.1 Å². The Hall–Kier alpha value is -2.71. The third-order valence-corrected chi connectivity index (χ3v) is 8.50. The zero-order chi connectivity index (χ0) is 25.0. The second kappa shape index (κ2) is 10.9. The van der Waals surface area contributed by atoms with E-state index >= 15 is 0 Å². The Kier molecular flexibility index (Phi) is 7.91. The molecule has 35 heavy (non-hydrogen) atoms. The van der Waals surface area contributed by atoms with Crippen LogP contribution in [0.15, 0.2) is 54.6 Å². The van der Waals surface area contributed by atoms with Gasteiger partial charge in [0.1, 0.15) is 6.04 Å². The van der Waals surface area contributed by atoms with Gasteiger partial charge >= 0.3 is 0 Å². The van der Waals surface area contributed by atoms with Crippen LogP contribution >= 0.6 is 0 Å². The molecule has 2 aliphatic rings. The van der Waals surface area contributed by atoms with Gasteiger partial charge in [-0.15, -0.1) is 0 Å². The molecular weight excluding hydrogens is 462 g/mol. The maximum absolute atomic E-state index is 13.5. The molecule has 0 bridgehead atoms. The second-order valence-corrected chi connectivity index (χ2v) is 11.7. The SMILES string of the molecule is CC(C)NS(=O)(=O)Cc1ccccc1CNC(=O)C1CC2CCCCC2N1C(=O)c1ccccc1. The number of hydrogen-bond acceptors (Lipinski definition) is 4. The first-order valence-corrected chi connectivity index (χ1v) is 14.1. The number of amides is 2. The highest BCUT2D eigenvalue weighted by Crippen LogP contribution is 2.40. The highest BCUT2D eigenvalue weighted by molar-refractivity contribution is 7.88. The fourth-order valence-electron chi connectivity index (χ4n) is 5.49. The molecule has 0 radical (unpaired) electrons. The maximum atomic E-state index is 13.5. The van der Waals surface area contributed by atoms with Crippen molar-refractivity contribution in [3.05, 3.63) is 71.3 Å². The number of rotatable bonds is 8. The normalized spacial score (nSPS) is 22.1. The molecule has 7 nitrogen and oxygen atoms in total. The summed E-state index contributed by atoms with van der Waals surface area (Å²) < 4.78 is 27.5. The third kappa shape index (κ3) is 6.11. The van der Waals surface area contributed by atoms with E-state index in [2.05, 4.69) is 10.0 Å². The minimum atomic E-state index is -3.49. The Balaban J connectivity index is 1.50. The van der Waals surface area contributed by atoms with Gasteiger partial charge in [0.25, 0.3) is 5.91 Å². The predicted octanol–water partition coefficient (Wildman–Crippen LogP) is 3.60. The molecule has 2 aromatic carbocycles. The van der Waals surface area contributed by atoms with Gasteiger partial charge in [0.05, 0.1) is 5.75 Å². The van der Waals surface area contributed by atoms with Crippen LogP contribution in [-0.4, -0.2) is 43.3 Å². The average Bonchev–Trinajstić information content (AvgIpc) is 3.22. The molecule has 8 heteroatoms. The number of sulfonamides is 1. The smallest absolute Gasteiger partial charge is 0.254 e. The largest absolute Gasteiger partial charge is 0.350 e. The summed E-state index contributed by atoms with van der Waals surface area (Å²) in [5, 5.41) is 3.01. The Morgan fingerprint density at radius 1 is 0.971 bits per heavy atom. The lowest BCUT2D eigenvalue weighted by Gasteiger charge is -2.33. The van der Waals surface area contributed by atoms with Gasteiger partial charge in [0, 0.05) is 24.2 Å². The lowest BCUT2D eigenvalue weighted by molar-refractivity contribution is -0.125. The molecule has 1 aliphatic heterocycles. The molecule has 2 fully saturated rings. The van der Waals surface area contributed by atoms with E-state index in [0.29, 0.717) is 23.5 Å². The Labute approximate surface area is 208 Å². The van der Waals surface area contributed by atoms with Crippen molar-refractivity contribution in [2.24, 2.45) is 5.92 Å². The Morgan fingerprint density at radius 2 is 1.63 bits per heavy atom. The van der Waals surface area contributed by atoms with Crippen molar-refractivity contribution in [2.75, 3.05) is 0 Å². The van der Waals surface area contributed by atoms with Crippen LogP contribution < -0.4 is 10.0 Å². The van der Waals surface area contributed by atoms with Gasteiger partial charge in [-0.3, -0.25) is 9.59 Å². The molecule has 1 aliphatic carbocycles. The number of nitrogens with one attached hydrogen (secondary N) is 2. The van der Waals surface area contributed by atoms with E-state index in [-0.39, 0.29) is 36.2 Å². The molecule has 2 aromatic rings. The van der Waals surface area contributed by atoms with Crippen molar-refractivity contribution < 1.29 is 18.0 Å². The summed E-state index contributed by atoms with van der Waals surface area (Å²) in [6.45, 7) is 3.78. The van der Waals surface area contributed by atoms with E-state index in [4.69, 9.17) is 0 Å². The molecule has 1 saturated heterocycles. The number of nitrogens with zero attached hydrogens (tertiary/aromatic N) is 1. The summed E-state index contributed by atoms with van der Waals surface area (Å²) in [5.41, 5.74) is 2.01. The highest BCUT2D eigenvalue weighted by atomic mass is 32.2. The van der Waals surface area contributed by atoms with E-state index in [0.717, 1.165) is 31.2 Å². The lowest BCUT2D eigenvalue weighted by atomic mass is 9.84. The van der Waals surface area contributed by atoms with Crippen LogP contribution in [0.2, 0.25) is 0 Å². The van der Waals surface area contributed by atoms with Crippen LogP contribution in [0.1, 0.15) is 67.4 Å². The lowest BCUT2D eigenvalue weighted by Crippen LogP contribution is -2.49. The summed E-state index contributed by atoms with van der Waals surface area (Å²) in [6, 6.07) is 15.8. The third-order valence-electron chi connectivity index (χ3n) is 6.98. The molecule has 4 rings (SSSR count). The van der Waals surface area contributed by atoms with E-state index < -0.39 is 16.1 Å². The minimum absolute atomic E-state index is 0.0896. The van der Waals surface area contributed by atoms with E-state index in [1.165, 1.54) is 0 Å². The van der Waals surface area contributed by atoms with E-state index in [1.54, 1.807) is 38.1 Å². The second-order valence-electron chi connectivity index (χ2n) is 9.96. The molecule has 188 valence electrons. The van der Waals surface area contributed by atoms with Crippen LogP contribution in [0.5, 0.6) is 0 Å². The van der Waals surface area contributed by atoms with Gasteiger partial charge in [-0.2, -0.15) is 0 Å². The minimum Gasteiger partial charge on any atom is -0.350 e. The van der Waals surface area contributed by atoms with Gasteiger partial charge < -0.3 is 10.2 Å². The van der Waals surface area contributed by atoms with Crippen molar-refractivity contribution in [3.63, 3.8) is 0 Å². The Morgan fingerprint density at radius 3 is 2.34 bits per heavy atom. The summed E-state index contributed by atoms with van der Waals surface area (Å²) in [5.74, 6) is -0.0802. The van der Waals surface area contributed by atoms with Crippen molar-refractivity contribution >= 4 is 21.8 Å². The predicted molar refractivity (Wildman–Crippen MR) is 136 cm³/mol. The number of carbonyl (C=O) groups excluding carboxylic acids is 2. The summed E-state index contributed by atoms with van der Waals surface area (Å²) in [6.07, 6.45) is 4.84. The quantitative estimate of drug-likeness (QED) is 0.583. The molecule has 2 amide bonds. The first-order chi connectivity index (χ1) is 16.7. The number of carbonyl (C=O) groups is 2. The van der Waals surface area contributed by atoms with Crippen molar-refractivity contribution in [2.45, 2.75) is 76.4 Å². The van der Waals surface area contributed by atoms with Crippen molar-refractivity contribution in [1.82, 2.24) is 14.9 Å². The van der Waals surface area contributed by atoms with Gasteiger partial charge in [-0.1, -0.05) is 55.3 Å². The molecule has 1 saturated carbocycles. The fourth-order valence-corrected chi connectivity index (χ4v) is 6.99. The molecule has 3 atom stereocenters. The number of hydrogen-bond donors (Lipinski definition) is 2. The zero-order valence-corrected chi connectivity index (χ0v) is 21.3. The number of likely N-dealkylation sites (tertiary alicyclic amines) is 1. The molecule has 1 heterocycles. The van der Waals surface area contributed by atoms with E-state index in [9.17, 15) is 18.0 Å². The zero-order valence-electron chi connectivity index (χ0n) is 20.4. The van der Waals surface area contributed by atoms with Crippen LogP contribution in [-0.2, 0) is 27.1 Å². The van der Waals surface area contributed by atoms with Crippen LogP contribution in [0.3, 0.4) is 0 Å². The summed E-state index contributed by atoms with van der Waals surface area (Å²) in [4.78, 5) is 28.7. The molecule has 0 spiro atoms. The van der Waals surface area contributed by atoms with Crippen molar-refractivity contribution in [1.29, 1.82) is 0 Å². The maximum Gasteiger partial charge on any atom is 0.254 e. The number of benzene rings is 2. The fraction of sp³-hybridized carbons (Fsp3) is 0.481. The topological polar surface area (TPSA) is 95.6 Å². The molecule has 0 aromatic heterocycles. The van der Waals surface area contributed by atoms with E-state index in [1.807, 2.05) is 35.2 Å². The van der Waals surface area contributed by atoms with Gasteiger partial charge in [0.2, 0.25) is 15.9 Å². The van der Waals surface area contributed by atoms with Crippen LogP contribution in [0.4, 0.5) is 0 Å². The van der Waals surface area contributed by atoms with Crippen LogP contribution in [0.25, 0.3) is 0 Å². The van der Waals surface area contributed by atoms with Gasteiger partial charge in [0.15, 0.2) is 0 Å². The average molecular weight is 498 g/mol. The molecule has 2 N–H and O–H groups in total. The molecule has 3 unspecified atom stereocenters. The first-order valence-electron chi connectivity index (χ1n) is 12.5. The Bertz CT molecular complexity index is 1150. The monoisotopic (exact) mass is 497 g/mol. The molecular formula is C27H35N3O4S. The number of fused-ring (bicyclic) bond motifs is 1. The van der Waals surface area contributed by atoms with Crippen molar-refractivity contribution in [3.8, 4) is 0 Å². The van der Waals surface area contributed by atoms with Crippen LogP contribution in [0, 0.1) is 5.92 Å². The highest BCUT2D eigenvalue weighted by Gasteiger charge is 2.47.